The lowest BCUT2D eigenvalue weighted by molar-refractivity contribution is -0.139. The molecule has 32 heavy (non-hydrogen) atoms. The molecule has 3 amide bonds. The highest BCUT2D eigenvalue weighted by Crippen LogP contribution is 2.26. The molecule has 1 aromatic rings. The maximum atomic E-state index is 13.3. The number of likely N-dealkylation sites (N-methyl/N-ethyl adjacent to an activating group) is 1. The third-order valence-electron chi connectivity index (χ3n) is 5.64. The monoisotopic (exact) mass is 449 g/mol. The van der Waals surface area contributed by atoms with Gasteiger partial charge in [0.15, 0.2) is 0 Å². The van der Waals surface area contributed by atoms with Gasteiger partial charge in [-0.3, -0.25) is 14.4 Å². The third kappa shape index (κ3) is 6.43. The summed E-state index contributed by atoms with van der Waals surface area (Å²) in [5.74, 6) is -0.154. The Morgan fingerprint density at radius 3 is 2.56 bits per heavy atom. The zero-order valence-corrected chi connectivity index (χ0v) is 19.8. The maximum Gasteiger partial charge on any atom is 0.257 e. The molecule has 1 aliphatic rings. The number of nitrogens with one attached hydrogen (secondary N) is 1. The van der Waals surface area contributed by atoms with E-state index in [-0.39, 0.29) is 49.0 Å². The maximum absolute atomic E-state index is 13.3. The molecule has 0 aromatic heterocycles. The number of ether oxygens (including phenoxy) is 3. The Hall–Kier alpha value is -2.65. The molecule has 1 N–H and O–H groups in total. The Morgan fingerprint density at radius 2 is 1.94 bits per heavy atom. The lowest BCUT2D eigenvalue weighted by atomic mass is 10.0. The van der Waals surface area contributed by atoms with Crippen LogP contribution in [0.1, 0.15) is 37.6 Å². The quantitative estimate of drug-likeness (QED) is 0.739. The normalized spacial score (nSPS) is 22.3. The first kappa shape index (κ1) is 25.6. The number of carbonyl (C=O) groups excluding carboxylic acids is 3. The number of amides is 3. The van der Waals surface area contributed by atoms with Crippen molar-refractivity contribution in [1.29, 1.82) is 0 Å². The zero-order chi connectivity index (χ0) is 23.8. The number of hydrogen-bond donors (Lipinski definition) is 1. The molecule has 0 fully saturated rings. The smallest absolute Gasteiger partial charge is 0.257 e. The molecule has 1 heterocycles. The van der Waals surface area contributed by atoms with Crippen molar-refractivity contribution in [3.05, 3.63) is 23.8 Å². The minimum Gasteiger partial charge on any atom is -0.491 e. The van der Waals surface area contributed by atoms with Gasteiger partial charge in [0.25, 0.3) is 5.91 Å². The van der Waals surface area contributed by atoms with Crippen LogP contribution < -0.4 is 10.1 Å². The van der Waals surface area contributed by atoms with Crippen molar-refractivity contribution < 1.29 is 28.6 Å². The first-order chi connectivity index (χ1) is 15.2. The second kappa shape index (κ2) is 11.8. The molecule has 1 aromatic carbocycles. The lowest BCUT2D eigenvalue weighted by Gasteiger charge is -2.36. The van der Waals surface area contributed by atoms with Crippen LogP contribution in [0.2, 0.25) is 0 Å². The van der Waals surface area contributed by atoms with E-state index in [2.05, 4.69) is 5.32 Å². The molecule has 0 spiro atoms. The van der Waals surface area contributed by atoms with E-state index in [1.807, 2.05) is 13.8 Å². The standard InChI is InChI=1S/C23H35N3O6/c1-7-21(27)24-17-8-9-19-18(10-17)23(29)25(4)12-20(31-6)15(2)11-26(16(3)13-32-19)22(28)14-30-5/h8-10,15-16,20H,7,11-14H2,1-6H3,(H,24,27)/t15-,16-,20-/m0/s1. The van der Waals surface area contributed by atoms with Crippen LogP contribution in [0.15, 0.2) is 18.2 Å². The van der Waals surface area contributed by atoms with Gasteiger partial charge < -0.3 is 29.3 Å². The van der Waals surface area contributed by atoms with Gasteiger partial charge in [-0.1, -0.05) is 13.8 Å². The molecule has 0 saturated heterocycles. The van der Waals surface area contributed by atoms with Crippen LogP contribution in [0.3, 0.4) is 0 Å². The van der Waals surface area contributed by atoms with Gasteiger partial charge in [0.05, 0.1) is 17.7 Å². The van der Waals surface area contributed by atoms with Crippen LogP contribution in [0, 0.1) is 5.92 Å². The predicted octanol–water partition coefficient (Wildman–Crippen LogP) is 2.01. The molecule has 1 aliphatic heterocycles. The fourth-order valence-electron chi connectivity index (χ4n) is 3.66. The number of rotatable bonds is 5. The van der Waals surface area contributed by atoms with Crippen molar-refractivity contribution in [3.63, 3.8) is 0 Å². The number of anilines is 1. The molecule has 178 valence electrons. The van der Waals surface area contributed by atoms with Gasteiger partial charge >= 0.3 is 0 Å². The van der Waals surface area contributed by atoms with Crippen LogP contribution in [0.4, 0.5) is 5.69 Å². The van der Waals surface area contributed by atoms with Crippen LogP contribution in [0.25, 0.3) is 0 Å². The van der Waals surface area contributed by atoms with E-state index in [1.165, 1.54) is 7.11 Å². The number of nitrogens with zero attached hydrogens (tertiary/aromatic N) is 2. The van der Waals surface area contributed by atoms with Crippen molar-refractivity contribution in [3.8, 4) is 5.75 Å². The Labute approximate surface area is 190 Å². The van der Waals surface area contributed by atoms with E-state index in [0.717, 1.165) is 0 Å². The Balaban J connectivity index is 2.44. The van der Waals surface area contributed by atoms with Crippen LogP contribution in [-0.2, 0) is 19.1 Å². The van der Waals surface area contributed by atoms with E-state index < -0.39 is 0 Å². The van der Waals surface area contributed by atoms with E-state index in [0.29, 0.717) is 36.5 Å². The average Bonchev–Trinajstić information content (AvgIpc) is 2.78. The van der Waals surface area contributed by atoms with Gasteiger partial charge in [-0.15, -0.1) is 0 Å². The molecule has 2 rings (SSSR count). The molecule has 0 saturated carbocycles. The summed E-state index contributed by atoms with van der Waals surface area (Å²) in [5, 5.41) is 2.78. The number of fused-ring (bicyclic) bond motifs is 1. The molecule has 0 bridgehead atoms. The van der Waals surface area contributed by atoms with Crippen molar-refractivity contribution >= 4 is 23.4 Å². The van der Waals surface area contributed by atoms with Gasteiger partial charge in [-0.25, -0.2) is 0 Å². The van der Waals surface area contributed by atoms with Gasteiger partial charge in [-0.2, -0.15) is 0 Å². The van der Waals surface area contributed by atoms with Crippen molar-refractivity contribution in [2.45, 2.75) is 39.3 Å². The second-order valence-corrected chi connectivity index (χ2v) is 8.19. The second-order valence-electron chi connectivity index (χ2n) is 8.19. The summed E-state index contributed by atoms with van der Waals surface area (Å²) >= 11 is 0. The first-order valence-corrected chi connectivity index (χ1v) is 10.8. The highest BCUT2D eigenvalue weighted by molar-refractivity contribution is 5.99. The fraction of sp³-hybridized carbons (Fsp3) is 0.609. The summed E-state index contributed by atoms with van der Waals surface area (Å²) in [7, 11) is 4.79. The summed E-state index contributed by atoms with van der Waals surface area (Å²) in [6.07, 6.45) is 0.0540. The molecule has 9 nitrogen and oxygen atoms in total. The number of methoxy groups -OCH3 is 2. The highest BCUT2D eigenvalue weighted by atomic mass is 16.5. The Morgan fingerprint density at radius 1 is 1.22 bits per heavy atom. The molecular formula is C23H35N3O6. The van der Waals surface area contributed by atoms with E-state index >= 15 is 0 Å². The van der Waals surface area contributed by atoms with E-state index in [1.54, 1.807) is 49.1 Å². The summed E-state index contributed by atoms with van der Waals surface area (Å²) < 4.78 is 16.7. The minimum absolute atomic E-state index is 0.0236. The molecular weight excluding hydrogens is 414 g/mol. The molecule has 0 radical (unpaired) electrons. The van der Waals surface area contributed by atoms with Gasteiger partial charge in [0, 0.05) is 52.4 Å². The predicted molar refractivity (Wildman–Crippen MR) is 121 cm³/mol. The Bertz CT molecular complexity index is 815. The van der Waals surface area contributed by atoms with Crippen LogP contribution in [-0.4, -0.2) is 87.2 Å². The molecule has 0 aliphatic carbocycles. The third-order valence-corrected chi connectivity index (χ3v) is 5.64. The highest BCUT2D eigenvalue weighted by Gasteiger charge is 2.30. The summed E-state index contributed by atoms with van der Waals surface area (Å²) in [6, 6.07) is 4.74. The molecule has 9 heteroatoms. The van der Waals surface area contributed by atoms with Crippen LogP contribution in [0.5, 0.6) is 5.75 Å². The van der Waals surface area contributed by atoms with Crippen molar-refractivity contribution in [2.75, 3.05) is 52.9 Å². The van der Waals surface area contributed by atoms with E-state index in [9.17, 15) is 14.4 Å². The summed E-state index contributed by atoms with van der Waals surface area (Å²) in [6.45, 7) is 6.61. The zero-order valence-electron chi connectivity index (χ0n) is 19.8. The topological polar surface area (TPSA) is 97.4 Å². The van der Waals surface area contributed by atoms with E-state index in [4.69, 9.17) is 14.2 Å². The number of benzene rings is 1. The van der Waals surface area contributed by atoms with Crippen molar-refractivity contribution in [2.24, 2.45) is 5.92 Å². The minimum atomic E-state index is -0.277. The summed E-state index contributed by atoms with van der Waals surface area (Å²) in [5.41, 5.74) is 0.862. The van der Waals surface area contributed by atoms with Gasteiger partial charge in [0.1, 0.15) is 19.0 Å². The molecule has 3 atom stereocenters. The Kier molecular flexibility index (Phi) is 9.46. The lowest BCUT2D eigenvalue weighted by Crippen LogP contribution is -2.49. The fourth-order valence-corrected chi connectivity index (χ4v) is 3.66. The van der Waals surface area contributed by atoms with Crippen LogP contribution >= 0.6 is 0 Å². The average molecular weight is 450 g/mol. The molecule has 0 unspecified atom stereocenters. The SMILES string of the molecule is CCC(=O)Nc1ccc2c(c1)C(=O)N(C)C[C@H](OC)[C@@H](C)CN(C(=O)COC)[C@@H](C)CO2. The number of hydrogen-bond acceptors (Lipinski definition) is 6. The van der Waals surface area contributed by atoms with Gasteiger partial charge in [0.2, 0.25) is 11.8 Å². The largest absolute Gasteiger partial charge is 0.491 e. The number of carbonyl (C=O) groups is 3. The summed E-state index contributed by atoms with van der Waals surface area (Å²) in [4.78, 5) is 41.1. The van der Waals surface area contributed by atoms with Crippen molar-refractivity contribution in [1.82, 2.24) is 9.80 Å². The first-order valence-electron chi connectivity index (χ1n) is 10.8. The van der Waals surface area contributed by atoms with Gasteiger partial charge in [-0.05, 0) is 25.1 Å².